The number of carbonyl (C=O) groups is 1. The molecule has 6 fully saturated rings. The van der Waals surface area contributed by atoms with Crippen LogP contribution in [-0.2, 0) is 42.7 Å². The summed E-state index contributed by atoms with van der Waals surface area (Å²) in [5.74, 6) is -2.90. The number of aliphatic hydroxyl groups excluding tert-OH is 3. The molecule has 7 aliphatic heterocycles. The van der Waals surface area contributed by atoms with Crippen molar-refractivity contribution in [3.8, 4) is 0 Å². The molecule has 0 saturated carbocycles. The maximum Gasteiger partial charge on any atom is 0.337 e. The third-order valence-corrected chi connectivity index (χ3v) is 14.7. The van der Waals surface area contributed by atoms with Crippen LogP contribution in [0.2, 0.25) is 0 Å². The van der Waals surface area contributed by atoms with Crippen LogP contribution < -0.4 is 0 Å². The van der Waals surface area contributed by atoms with Crippen LogP contribution >= 0.6 is 0 Å². The van der Waals surface area contributed by atoms with Gasteiger partial charge in [-0.15, -0.1) is 0 Å². The first-order valence-corrected chi connectivity index (χ1v) is 22.5. The Bertz CT molecular complexity index is 1560. The number of carbonyl (C=O) groups excluding carboxylic acids is 1. The minimum atomic E-state index is -1.73. The number of esters is 1. The molecule has 0 radical (unpaired) electrons. The first-order chi connectivity index (χ1) is 27.9. The third kappa shape index (κ3) is 9.32. The van der Waals surface area contributed by atoms with Crippen molar-refractivity contribution in [1.29, 1.82) is 0 Å². The van der Waals surface area contributed by atoms with Crippen molar-refractivity contribution in [2.24, 2.45) is 23.7 Å². The summed E-state index contributed by atoms with van der Waals surface area (Å²) in [6.07, 6.45) is 8.92. The van der Waals surface area contributed by atoms with Gasteiger partial charge in [-0.3, -0.25) is 0 Å². The highest BCUT2D eigenvalue weighted by Gasteiger charge is 2.55. The summed E-state index contributed by atoms with van der Waals surface area (Å²) in [5.41, 5.74) is -0.289. The van der Waals surface area contributed by atoms with E-state index in [9.17, 15) is 25.2 Å². The van der Waals surface area contributed by atoms with Crippen LogP contribution in [0, 0.1) is 23.7 Å². The number of fused-ring (bicyclic) bond motifs is 1. The Hall–Kier alpha value is -1.75. The largest absolute Gasteiger partial charge is 0.467 e. The van der Waals surface area contributed by atoms with Gasteiger partial charge in [0.15, 0.2) is 17.2 Å². The molecule has 7 rings (SSSR count). The highest BCUT2D eigenvalue weighted by atomic mass is 16.7. The second-order valence-corrected chi connectivity index (χ2v) is 19.5. The molecule has 0 aromatic heterocycles. The summed E-state index contributed by atoms with van der Waals surface area (Å²) in [4.78, 5) is 12.2. The predicted octanol–water partition coefficient (Wildman–Crippen LogP) is 5.55. The molecule has 4 N–H and O–H groups in total. The van der Waals surface area contributed by atoms with Gasteiger partial charge < -0.3 is 58.3 Å². The Balaban J connectivity index is 0.921. The highest BCUT2D eigenvalue weighted by molar-refractivity contribution is 5.78. The lowest BCUT2D eigenvalue weighted by atomic mass is 9.78. The summed E-state index contributed by atoms with van der Waals surface area (Å²) in [6.45, 7) is 17.0. The number of rotatable bonds is 10. The standard InChI is InChI=1S/C46H72O13/c1-26-22-36(57-46(24-26)37(48)14-13-33(56-46)25-43(7,51)42(50)52-8)27(2)11-12-32-16-18-44(55-32)19-17-35-41(58-44)38(49)31(6)40(54-35)34(47)23-29(4)39-28(3)15-20-45(59-39)30(5)10-9-21-53-45/h11-12,24,27-30,32-41,47-49,51H,6,9-10,13-23,25H2,1-5,7-8H3/b12-11+/t27-,28-,29+,30-,32+,33+,34+,35-,36+,37-,38-,39+,40+,41-,43-,44-,45-,46-/m1/s1. The normalized spacial score (nSPS) is 45.5. The van der Waals surface area contributed by atoms with Crippen molar-refractivity contribution in [2.75, 3.05) is 13.7 Å². The van der Waals surface area contributed by atoms with Crippen LogP contribution in [0.3, 0.4) is 0 Å². The van der Waals surface area contributed by atoms with Crippen LogP contribution in [0.4, 0.5) is 0 Å². The van der Waals surface area contributed by atoms with Crippen molar-refractivity contribution in [1.82, 2.24) is 0 Å². The molecule has 6 saturated heterocycles. The van der Waals surface area contributed by atoms with Gasteiger partial charge in [0, 0.05) is 37.5 Å². The van der Waals surface area contributed by atoms with Gasteiger partial charge in [0.25, 0.3) is 0 Å². The van der Waals surface area contributed by atoms with Crippen LogP contribution in [0.1, 0.15) is 125 Å². The van der Waals surface area contributed by atoms with E-state index in [2.05, 4.69) is 40.3 Å². The molecular weight excluding hydrogens is 760 g/mol. The van der Waals surface area contributed by atoms with Crippen molar-refractivity contribution < 1.29 is 63.1 Å². The minimum Gasteiger partial charge on any atom is -0.467 e. The van der Waals surface area contributed by atoms with Crippen LogP contribution in [0.5, 0.6) is 0 Å². The molecule has 13 nitrogen and oxygen atoms in total. The van der Waals surface area contributed by atoms with Gasteiger partial charge in [-0.1, -0.05) is 52.0 Å². The molecule has 0 aliphatic carbocycles. The van der Waals surface area contributed by atoms with E-state index in [1.54, 1.807) is 0 Å². The van der Waals surface area contributed by atoms with Gasteiger partial charge in [-0.05, 0) is 95.1 Å². The van der Waals surface area contributed by atoms with Gasteiger partial charge in [-0.25, -0.2) is 4.79 Å². The van der Waals surface area contributed by atoms with Crippen LogP contribution in [0.25, 0.3) is 0 Å². The van der Waals surface area contributed by atoms with Gasteiger partial charge in [0.2, 0.25) is 5.79 Å². The molecule has 0 unspecified atom stereocenters. The monoisotopic (exact) mass is 832 g/mol. The number of aliphatic hydroxyl groups is 4. The van der Waals surface area contributed by atoms with Crippen molar-refractivity contribution in [2.45, 2.75) is 209 Å². The topological polar surface area (TPSA) is 172 Å². The van der Waals surface area contributed by atoms with E-state index in [1.807, 2.05) is 19.1 Å². The van der Waals surface area contributed by atoms with E-state index in [4.69, 9.17) is 37.9 Å². The molecule has 0 aromatic carbocycles. The maximum absolute atomic E-state index is 12.2. The lowest BCUT2D eigenvalue weighted by Crippen LogP contribution is -2.60. The molecule has 0 bridgehead atoms. The first kappa shape index (κ1) is 45.3. The molecule has 3 spiro atoms. The van der Waals surface area contributed by atoms with Crippen molar-refractivity contribution in [3.63, 3.8) is 0 Å². The summed E-state index contributed by atoms with van der Waals surface area (Å²) in [6, 6.07) is 0. The summed E-state index contributed by atoms with van der Waals surface area (Å²) >= 11 is 0. The Morgan fingerprint density at radius 3 is 2.54 bits per heavy atom. The molecule has 18 atom stereocenters. The Kier molecular flexibility index (Phi) is 13.7. The average Bonchev–Trinajstić information content (AvgIpc) is 3.59. The fraction of sp³-hybridized carbons (Fsp3) is 0.848. The zero-order valence-electron chi connectivity index (χ0n) is 36.4. The zero-order valence-corrected chi connectivity index (χ0v) is 36.4. The van der Waals surface area contributed by atoms with E-state index in [1.165, 1.54) is 14.0 Å². The molecule has 7 heterocycles. The molecule has 334 valence electrons. The highest BCUT2D eigenvalue weighted by Crippen LogP contribution is 2.48. The second kappa shape index (κ2) is 17.8. The quantitative estimate of drug-likeness (QED) is 0.160. The molecule has 59 heavy (non-hydrogen) atoms. The molecule has 0 amide bonds. The maximum atomic E-state index is 12.2. The number of hydrogen-bond acceptors (Lipinski definition) is 13. The predicted molar refractivity (Wildman–Crippen MR) is 217 cm³/mol. The van der Waals surface area contributed by atoms with E-state index in [0.29, 0.717) is 62.4 Å². The van der Waals surface area contributed by atoms with E-state index in [0.717, 1.165) is 44.3 Å². The van der Waals surface area contributed by atoms with E-state index >= 15 is 0 Å². The summed E-state index contributed by atoms with van der Waals surface area (Å²) in [7, 11) is 1.24. The minimum absolute atomic E-state index is 0.0140. The average molecular weight is 833 g/mol. The Labute approximate surface area is 350 Å². The van der Waals surface area contributed by atoms with E-state index < -0.39 is 71.7 Å². The molecule has 0 aromatic rings. The Morgan fingerprint density at radius 2 is 1.80 bits per heavy atom. The SMILES string of the molecule is C=C1[C@@H](O)[C@@H]2O[C@]3(CC[C@H](/C=C/[C@@H](C)[C@@H]4CC(C)=C[C@@]5(O[C@H](C[C@@](C)(O)C(=O)OC)CC[C@H]5O)O4)O3)CC[C@H]2O[C@@H]1[C@@H](O)C[C@H](C)[C@H]1O[C@@]2(CC[C@H]1C)OCCC[C@H]2C. The Morgan fingerprint density at radius 1 is 1.03 bits per heavy atom. The van der Waals surface area contributed by atoms with Gasteiger partial charge in [0.05, 0.1) is 50.3 Å². The number of ether oxygens (including phenoxy) is 8. The lowest BCUT2D eigenvalue weighted by molar-refractivity contribution is -0.334. The van der Waals surface area contributed by atoms with Crippen molar-refractivity contribution >= 4 is 5.97 Å². The van der Waals surface area contributed by atoms with Crippen molar-refractivity contribution in [3.05, 3.63) is 36.0 Å². The number of methoxy groups -OCH3 is 1. The van der Waals surface area contributed by atoms with E-state index in [-0.39, 0.29) is 36.6 Å². The first-order valence-electron chi connectivity index (χ1n) is 22.5. The zero-order chi connectivity index (χ0) is 42.5. The second-order valence-electron chi connectivity index (χ2n) is 19.5. The van der Waals surface area contributed by atoms with Gasteiger partial charge in [0.1, 0.15) is 24.4 Å². The molecular formula is C46H72O13. The van der Waals surface area contributed by atoms with Gasteiger partial charge in [-0.2, -0.15) is 0 Å². The molecule has 7 aliphatic rings. The fourth-order valence-corrected chi connectivity index (χ4v) is 11.1. The summed E-state index contributed by atoms with van der Waals surface area (Å²) in [5, 5.41) is 45.1. The van der Waals surface area contributed by atoms with Crippen LogP contribution in [0.15, 0.2) is 36.0 Å². The van der Waals surface area contributed by atoms with Gasteiger partial charge >= 0.3 is 5.97 Å². The number of hydrogen-bond donors (Lipinski definition) is 4. The fourth-order valence-electron chi connectivity index (χ4n) is 11.1. The smallest absolute Gasteiger partial charge is 0.337 e. The molecule has 13 heteroatoms. The summed E-state index contributed by atoms with van der Waals surface area (Å²) < 4.78 is 50.5. The third-order valence-electron chi connectivity index (χ3n) is 14.7. The lowest BCUT2D eigenvalue weighted by Gasteiger charge is -2.51. The van der Waals surface area contributed by atoms with Crippen LogP contribution in [-0.4, -0.2) is 124 Å².